The third kappa shape index (κ3) is 2.56. The molecule has 1 rings (SSSR count). The zero-order chi connectivity index (χ0) is 9.30. The van der Waals surface area contributed by atoms with Crippen molar-refractivity contribution in [1.29, 1.82) is 0 Å². The Labute approximate surface area is 106 Å². The molecule has 0 N–H and O–H groups in total. The first-order valence-electron chi connectivity index (χ1n) is 3.31. The van der Waals surface area contributed by atoms with E-state index in [9.17, 15) is 0 Å². The highest BCUT2D eigenvalue weighted by Gasteiger charge is 2.10. The van der Waals surface area contributed by atoms with Crippen molar-refractivity contribution in [1.82, 2.24) is 0 Å². The maximum atomic E-state index is 3.53. The summed E-state index contributed by atoms with van der Waals surface area (Å²) in [6.07, 6.45) is 0. The lowest BCUT2D eigenvalue weighted by Gasteiger charge is -2.09. The molecule has 0 bridgehead atoms. The van der Waals surface area contributed by atoms with Gasteiger partial charge in [0.15, 0.2) is 0 Å². The normalized spacial score (nSPS) is 13.1. The Balaban J connectivity index is 3.28. The second kappa shape index (κ2) is 4.58. The van der Waals surface area contributed by atoms with Crippen LogP contribution in [0.2, 0.25) is 0 Å². The molecule has 0 aliphatic rings. The van der Waals surface area contributed by atoms with Crippen molar-refractivity contribution in [2.75, 3.05) is 0 Å². The highest BCUT2D eigenvalue weighted by molar-refractivity contribution is 9.12. The van der Waals surface area contributed by atoms with Crippen LogP contribution in [0.25, 0.3) is 0 Å². The lowest BCUT2D eigenvalue weighted by atomic mass is 10.2. The highest BCUT2D eigenvalue weighted by atomic mass is 79.9. The lowest BCUT2D eigenvalue weighted by Crippen LogP contribution is -1.88. The van der Waals surface area contributed by atoms with Crippen LogP contribution in [0.5, 0.6) is 0 Å². The minimum atomic E-state index is 0.342. The molecular formula is C8H6Br4. The van der Waals surface area contributed by atoms with Gasteiger partial charge in [-0.2, -0.15) is 0 Å². The number of hydrogen-bond acceptors (Lipinski definition) is 0. The van der Waals surface area contributed by atoms with Crippen LogP contribution in [0.1, 0.15) is 17.3 Å². The summed E-state index contributed by atoms with van der Waals surface area (Å²) < 4.78 is 3.28. The van der Waals surface area contributed by atoms with Gasteiger partial charge in [-0.3, -0.25) is 0 Å². The summed E-state index contributed by atoms with van der Waals surface area (Å²) in [5.74, 6) is 0. The molecule has 1 aromatic carbocycles. The van der Waals surface area contributed by atoms with Crippen LogP contribution in [0.4, 0.5) is 0 Å². The summed E-state index contributed by atoms with van der Waals surface area (Å²) in [6.45, 7) is 2.10. The zero-order valence-electron chi connectivity index (χ0n) is 6.24. The molecule has 0 spiro atoms. The van der Waals surface area contributed by atoms with Gasteiger partial charge < -0.3 is 0 Å². The van der Waals surface area contributed by atoms with Crippen LogP contribution in [0.15, 0.2) is 25.6 Å². The third-order valence-electron chi connectivity index (χ3n) is 1.44. The van der Waals surface area contributed by atoms with Gasteiger partial charge in [0.05, 0.1) is 0 Å². The molecule has 0 radical (unpaired) electrons. The molecule has 4 heteroatoms. The predicted octanol–water partition coefficient (Wildman–Crippen LogP) is 5.43. The van der Waals surface area contributed by atoms with E-state index in [-0.39, 0.29) is 0 Å². The fraction of sp³-hybridized carbons (Fsp3) is 0.250. The number of alkyl halides is 1. The largest absolute Gasteiger partial charge is 0.0841 e. The van der Waals surface area contributed by atoms with Gasteiger partial charge in [0.2, 0.25) is 0 Å². The fourth-order valence-electron chi connectivity index (χ4n) is 0.933. The minimum Gasteiger partial charge on any atom is -0.0841 e. The topological polar surface area (TPSA) is 0 Å². The van der Waals surface area contributed by atoms with Crippen molar-refractivity contribution in [3.8, 4) is 0 Å². The summed E-state index contributed by atoms with van der Waals surface area (Å²) in [7, 11) is 0. The van der Waals surface area contributed by atoms with Gasteiger partial charge in [0.25, 0.3) is 0 Å². The maximum absolute atomic E-state index is 3.53. The summed E-state index contributed by atoms with van der Waals surface area (Å²) in [5.41, 5.74) is 1.23. The molecule has 0 saturated heterocycles. The lowest BCUT2D eigenvalue weighted by molar-refractivity contribution is 1.10. The van der Waals surface area contributed by atoms with E-state index in [0.29, 0.717) is 4.83 Å². The van der Waals surface area contributed by atoms with E-state index in [2.05, 4.69) is 70.6 Å². The molecule has 0 heterocycles. The smallest absolute Gasteiger partial charge is 0.0389 e. The Bertz CT molecular complexity index is 270. The molecule has 0 aliphatic carbocycles. The standard InChI is InChI=1S/C8H6Br4/c1-4(9)8-6(11)2-5(10)3-7(8)12/h2-4H,1H3. The molecule has 0 aromatic heterocycles. The molecule has 0 nitrogen and oxygen atoms in total. The molecular weight excluding hydrogens is 416 g/mol. The Kier molecular flexibility index (Phi) is 4.28. The summed E-state index contributed by atoms with van der Waals surface area (Å²) in [6, 6.07) is 4.08. The second-order valence-electron chi connectivity index (χ2n) is 2.40. The predicted molar refractivity (Wildman–Crippen MR) is 66.9 cm³/mol. The fourth-order valence-corrected chi connectivity index (χ4v) is 4.99. The first-order chi connectivity index (χ1) is 5.52. The van der Waals surface area contributed by atoms with Crippen molar-refractivity contribution in [2.24, 2.45) is 0 Å². The zero-order valence-corrected chi connectivity index (χ0v) is 12.6. The monoisotopic (exact) mass is 418 g/mol. The molecule has 0 saturated carbocycles. The van der Waals surface area contributed by atoms with Crippen LogP contribution in [-0.4, -0.2) is 0 Å². The van der Waals surface area contributed by atoms with Gasteiger partial charge >= 0.3 is 0 Å². The van der Waals surface area contributed by atoms with Crippen LogP contribution < -0.4 is 0 Å². The molecule has 1 aromatic rings. The molecule has 0 fully saturated rings. The second-order valence-corrected chi connectivity index (χ2v) is 6.40. The minimum absolute atomic E-state index is 0.342. The molecule has 0 aliphatic heterocycles. The summed E-state index contributed by atoms with van der Waals surface area (Å²) in [5, 5.41) is 0. The molecule has 0 amide bonds. The molecule has 1 unspecified atom stereocenters. The Morgan fingerprint density at radius 1 is 1.08 bits per heavy atom. The van der Waals surface area contributed by atoms with E-state index in [1.54, 1.807) is 0 Å². The van der Waals surface area contributed by atoms with Gasteiger partial charge in [-0.05, 0) is 24.6 Å². The molecule has 66 valence electrons. The number of hydrogen-bond donors (Lipinski definition) is 0. The van der Waals surface area contributed by atoms with Crippen molar-refractivity contribution in [2.45, 2.75) is 11.8 Å². The van der Waals surface area contributed by atoms with Crippen molar-refractivity contribution in [3.63, 3.8) is 0 Å². The number of halogens is 4. The number of benzene rings is 1. The van der Waals surface area contributed by atoms with E-state index in [1.807, 2.05) is 12.1 Å². The Hall–Kier alpha value is 1.14. The Morgan fingerprint density at radius 3 is 1.83 bits per heavy atom. The van der Waals surface area contributed by atoms with Gasteiger partial charge in [-0.1, -0.05) is 63.7 Å². The van der Waals surface area contributed by atoms with E-state index in [1.165, 1.54) is 5.56 Å². The Morgan fingerprint density at radius 2 is 1.50 bits per heavy atom. The van der Waals surface area contributed by atoms with E-state index in [4.69, 9.17) is 0 Å². The van der Waals surface area contributed by atoms with Gasteiger partial charge in [0, 0.05) is 18.2 Å². The van der Waals surface area contributed by atoms with Crippen molar-refractivity contribution < 1.29 is 0 Å². The highest BCUT2D eigenvalue weighted by Crippen LogP contribution is 2.37. The van der Waals surface area contributed by atoms with Gasteiger partial charge in [-0.15, -0.1) is 0 Å². The van der Waals surface area contributed by atoms with Gasteiger partial charge in [-0.25, -0.2) is 0 Å². The molecule has 1 atom stereocenters. The first-order valence-corrected chi connectivity index (χ1v) is 6.60. The summed E-state index contributed by atoms with van der Waals surface area (Å²) >= 11 is 14.0. The van der Waals surface area contributed by atoms with Crippen molar-refractivity contribution in [3.05, 3.63) is 31.1 Å². The van der Waals surface area contributed by atoms with Gasteiger partial charge in [0.1, 0.15) is 0 Å². The van der Waals surface area contributed by atoms with E-state index >= 15 is 0 Å². The maximum Gasteiger partial charge on any atom is 0.0389 e. The van der Waals surface area contributed by atoms with Crippen LogP contribution in [-0.2, 0) is 0 Å². The third-order valence-corrected chi connectivity index (χ3v) is 3.67. The van der Waals surface area contributed by atoms with Crippen LogP contribution in [0.3, 0.4) is 0 Å². The van der Waals surface area contributed by atoms with Crippen LogP contribution in [0, 0.1) is 0 Å². The molecule has 12 heavy (non-hydrogen) atoms. The average Bonchev–Trinajstić information content (AvgIpc) is 1.82. The van der Waals surface area contributed by atoms with E-state index < -0.39 is 0 Å². The average molecular weight is 422 g/mol. The number of rotatable bonds is 1. The quantitative estimate of drug-likeness (QED) is 0.530. The summed E-state index contributed by atoms with van der Waals surface area (Å²) in [4.78, 5) is 0.342. The van der Waals surface area contributed by atoms with Crippen LogP contribution >= 0.6 is 63.7 Å². The van der Waals surface area contributed by atoms with E-state index in [0.717, 1.165) is 13.4 Å². The SMILES string of the molecule is CC(Br)c1c(Br)cc(Br)cc1Br. The first kappa shape index (κ1) is 11.2. The van der Waals surface area contributed by atoms with Crippen molar-refractivity contribution >= 4 is 63.7 Å².